The van der Waals surface area contributed by atoms with E-state index in [9.17, 15) is 5.11 Å². The summed E-state index contributed by atoms with van der Waals surface area (Å²) in [5.41, 5.74) is 5.09. The van der Waals surface area contributed by atoms with Gasteiger partial charge in [0.05, 0.1) is 6.61 Å². The summed E-state index contributed by atoms with van der Waals surface area (Å²) in [6.07, 6.45) is 0.849. The normalized spacial score (nSPS) is 12.3. The Balaban J connectivity index is 1.93. The zero-order valence-electron chi connectivity index (χ0n) is 12.3. The third-order valence-electron chi connectivity index (χ3n) is 3.42. The summed E-state index contributed by atoms with van der Waals surface area (Å²) < 4.78 is 0. The van der Waals surface area contributed by atoms with Gasteiger partial charge >= 0.3 is 0 Å². The Morgan fingerprint density at radius 2 is 1.60 bits per heavy atom. The molecule has 0 spiro atoms. The van der Waals surface area contributed by atoms with Gasteiger partial charge in [-0.2, -0.15) is 0 Å². The van der Waals surface area contributed by atoms with Gasteiger partial charge in [-0.3, -0.25) is 0 Å². The van der Waals surface area contributed by atoms with Crippen molar-refractivity contribution in [3.05, 3.63) is 70.8 Å². The van der Waals surface area contributed by atoms with E-state index in [1.165, 1.54) is 22.3 Å². The molecule has 0 fully saturated rings. The minimum absolute atomic E-state index is 0.0956. The molecule has 2 heteroatoms. The fourth-order valence-electron chi connectivity index (χ4n) is 2.53. The fourth-order valence-corrected chi connectivity index (χ4v) is 2.53. The summed E-state index contributed by atoms with van der Waals surface area (Å²) in [7, 11) is 0. The lowest BCUT2D eigenvalue weighted by Gasteiger charge is -2.17. The molecule has 0 aromatic heterocycles. The van der Waals surface area contributed by atoms with Gasteiger partial charge in [-0.1, -0.05) is 59.7 Å². The molecule has 106 valence electrons. The van der Waals surface area contributed by atoms with Gasteiger partial charge in [0, 0.05) is 12.6 Å². The standard InChI is InChI=1S/C18H23NO/c1-14-8-15(2)10-17(9-14)12-19-18(13-20)11-16-6-4-3-5-7-16/h3-10,18-20H,11-13H2,1-2H3/t18-/m1/s1. The molecule has 2 nitrogen and oxygen atoms in total. The van der Waals surface area contributed by atoms with E-state index in [1.54, 1.807) is 0 Å². The molecular weight excluding hydrogens is 246 g/mol. The Bertz CT molecular complexity index is 516. The van der Waals surface area contributed by atoms with Gasteiger partial charge in [0.2, 0.25) is 0 Å². The number of hydrogen-bond donors (Lipinski definition) is 2. The molecule has 0 aliphatic heterocycles. The number of benzene rings is 2. The average Bonchev–Trinajstić information content (AvgIpc) is 2.43. The van der Waals surface area contributed by atoms with Crippen molar-refractivity contribution in [2.24, 2.45) is 0 Å². The Labute approximate surface area is 121 Å². The highest BCUT2D eigenvalue weighted by molar-refractivity contribution is 5.28. The Hall–Kier alpha value is -1.64. The molecule has 0 heterocycles. The SMILES string of the molecule is Cc1cc(C)cc(CN[C@@H](CO)Cc2ccccc2)c1. The lowest BCUT2D eigenvalue weighted by molar-refractivity contribution is 0.241. The first-order chi connectivity index (χ1) is 9.67. The van der Waals surface area contributed by atoms with Crippen molar-refractivity contribution < 1.29 is 5.11 Å². The Morgan fingerprint density at radius 3 is 2.20 bits per heavy atom. The van der Waals surface area contributed by atoms with Gasteiger partial charge < -0.3 is 10.4 Å². The topological polar surface area (TPSA) is 32.3 Å². The Kier molecular flexibility index (Phi) is 5.33. The highest BCUT2D eigenvalue weighted by Gasteiger charge is 2.08. The molecular formula is C18H23NO. The van der Waals surface area contributed by atoms with E-state index in [0.717, 1.165) is 13.0 Å². The van der Waals surface area contributed by atoms with Crippen LogP contribution in [0.2, 0.25) is 0 Å². The predicted molar refractivity (Wildman–Crippen MR) is 83.8 cm³/mol. The maximum Gasteiger partial charge on any atom is 0.0587 e. The van der Waals surface area contributed by atoms with Gasteiger partial charge in [0.15, 0.2) is 0 Å². The highest BCUT2D eigenvalue weighted by atomic mass is 16.3. The maximum atomic E-state index is 9.51. The summed E-state index contributed by atoms with van der Waals surface area (Å²) in [6.45, 7) is 5.17. The summed E-state index contributed by atoms with van der Waals surface area (Å²) in [6, 6.07) is 16.9. The van der Waals surface area contributed by atoms with Crippen molar-refractivity contribution in [1.82, 2.24) is 5.32 Å². The van der Waals surface area contributed by atoms with E-state index in [-0.39, 0.29) is 12.6 Å². The lowest BCUT2D eigenvalue weighted by Crippen LogP contribution is -2.34. The molecule has 2 rings (SSSR count). The van der Waals surface area contributed by atoms with Crippen LogP contribution < -0.4 is 5.32 Å². The summed E-state index contributed by atoms with van der Waals surface area (Å²) in [5, 5.41) is 13.0. The number of rotatable bonds is 6. The first-order valence-electron chi connectivity index (χ1n) is 7.12. The van der Waals surface area contributed by atoms with E-state index in [0.29, 0.717) is 0 Å². The Morgan fingerprint density at radius 1 is 0.950 bits per heavy atom. The van der Waals surface area contributed by atoms with Crippen molar-refractivity contribution in [2.75, 3.05) is 6.61 Å². The lowest BCUT2D eigenvalue weighted by atomic mass is 10.0. The largest absolute Gasteiger partial charge is 0.395 e. The quantitative estimate of drug-likeness (QED) is 0.845. The second kappa shape index (κ2) is 7.22. The number of hydrogen-bond acceptors (Lipinski definition) is 2. The van der Waals surface area contributed by atoms with Crippen LogP contribution in [0.1, 0.15) is 22.3 Å². The van der Waals surface area contributed by atoms with Crippen molar-refractivity contribution >= 4 is 0 Å². The van der Waals surface area contributed by atoms with Crippen LogP contribution in [-0.2, 0) is 13.0 Å². The maximum absolute atomic E-state index is 9.51. The summed E-state index contributed by atoms with van der Waals surface area (Å²) in [4.78, 5) is 0. The molecule has 0 saturated carbocycles. The van der Waals surface area contributed by atoms with E-state index in [2.05, 4.69) is 49.5 Å². The van der Waals surface area contributed by atoms with Gasteiger partial charge in [-0.25, -0.2) is 0 Å². The van der Waals surface area contributed by atoms with Crippen LogP contribution in [0, 0.1) is 13.8 Å². The predicted octanol–water partition coefficient (Wildman–Crippen LogP) is 3.00. The minimum atomic E-state index is 0.0956. The number of aliphatic hydroxyl groups excluding tert-OH is 1. The van der Waals surface area contributed by atoms with E-state index in [4.69, 9.17) is 0 Å². The van der Waals surface area contributed by atoms with E-state index < -0.39 is 0 Å². The fraction of sp³-hybridized carbons (Fsp3) is 0.333. The van der Waals surface area contributed by atoms with Crippen LogP contribution in [0.25, 0.3) is 0 Å². The molecule has 0 radical (unpaired) electrons. The third-order valence-corrected chi connectivity index (χ3v) is 3.42. The monoisotopic (exact) mass is 269 g/mol. The van der Waals surface area contributed by atoms with Crippen molar-refractivity contribution in [1.29, 1.82) is 0 Å². The molecule has 2 N–H and O–H groups in total. The van der Waals surface area contributed by atoms with Crippen LogP contribution in [0.3, 0.4) is 0 Å². The first-order valence-corrected chi connectivity index (χ1v) is 7.12. The molecule has 20 heavy (non-hydrogen) atoms. The molecule has 2 aromatic carbocycles. The van der Waals surface area contributed by atoms with Crippen LogP contribution in [0.15, 0.2) is 48.5 Å². The van der Waals surface area contributed by atoms with Crippen molar-refractivity contribution in [3.8, 4) is 0 Å². The molecule has 0 aliphatic carbocycles. The zero-order chi connectivity index (χ0) is 14.4. The second-order valence-electron chi connectivity index (χ2n) is 5.45. The van der Waals surface area contributed by atoms with E-state index in [1.807, 2.05) is 18.2 Å². The molecule has 0 unspecified atom stereocenters. The van der Waals surface area contributed by atoms with Crippen LogP contribution in [-0.4, -0.2) is 17.8 Å². The summed E-state index contributed by atoms with van der Waals surface area (Å²) in [5.74, 6) is 0. The molecule has 0 aliphatic rings. The summed E-state index contributed by atoms with van der Waals surface area (Å²) >= 11 is 0. The molecule has 0 bridgehead atoms. The van der Waals surface area contributed by atoms with E-state index >= 15 is 0 Å². The van der Waals surface area contributed by atoms with Crippen LogP contribution in [0.5, 0.6) is 0 Å². The number of aryl methyl sites for hydroxylation is 2. The molecule has 1 atom stereocenters. The van der Waals surface area contributed by atoms with Gasteiger partial charge in [0.25, 0.3) is 0 Å². The second-order valence-corrected chi connectivity index (χ2v) is 5.45. The third kappa shape index (κ3) is 4.48. The molecule has 0 amide bonds. The van der Waals surface area contributed by atoms with Gasteiger partial charge in [-0.15, -0.1) is 0 Å². The molecule has 2 aromatic rings. The zero-order valence-corrected chi connectivity index (χ0v) is 12.3. The van der Waals surface area contributed by atoms with Crippen molar-refractivity contribution in [3.63, 3.8) is 0 Å². The van der Waals surface area contributed by atoms with Gasteiger partial charge in [-0.05, 0) is 31.4 Å². The number of aliphatic hydroxyl groups is 1. The average molecular weight is 269 g/mol. The first kappa shape index (κ1) is 14.8. The van der Waals surface area contributed by atoms with Gasteiger partial charge in [0.1, 0.15) is 0 Å². The van der Waals surface area contributed by atoms with Crippen LogP contribution in [0.4, 0.5) is 0 Å². The van der Waals surface area contributed by atoms with Crippen molar-refractivity contribution in [2.45, 2.75) is 32.9 Å². The minimum Gasteiger partial charge on any atom is -0.395 e. The smallest absolute Gasteiger partial charge is 0.0587 e. The molecule has 0 saturated heterocycles. The number of nitrogens with one attached hydrogen (secondary N) is 1. The highest BCUT2D eigenvalue weighted by Crippen LogP contribution is 2.09. The van der Waals surface area contributed by atoms with Crippen LogP contribution >= 0.6 is 0 Å².